The summed E-state index contributed by atoms with van der Waals surface area (Å²) in [6.07, 6.45) is 16.6. The first-order chi connectivity index (χ1) is 14.7. The predicted molar refractivity (Wildman–Crippen MR) is 125 cm³/mol. The summed E-state index contributed by atoms with van der Waals surface area (Å²) in [5.74, 6) is 2.87. The minimum absolute atomic E-state index is 0.535. The van der Waals surface area contributed by atoms with Gasteiger partial charge in [-0.15, -0.1) is 0 Å². The summed E-state index contributed by atoms with van der Waals surface area (Å²) in [5.41, 5.74) is 0.985. The summed E-state index contributed by atoms with van der Waals surface area (Å²) < 4.78 is 11.6. The molecule has 0 aliphatic carbocycles. The van der Waals surface area contributed by atoms with Crippen molar-refractivity contribution in [1.29, 1.82) is 0 Å². The average molecular weight is 413 g/mol. The van der Waals surface area contributed by atoms with Crippen LogP contribution in [0.15, 0.2) is 36.7 Å². The smallest absolute Gasteiger partial charge is 0.159 e. The normalized spacial score (nSPS) is 12.0. The zero-order valence-electron chi connectivity index (χ0n) is 19.2. The Hall–Kier alpha value is -2.10. The topological polar surface area (TPSA) is 44.2 Å². The number of aromatic nitrogens is 2. The second-order valence-electron chi connectivity index (χ2n) is 8.27. The first-order valence-electron chi connectivity index (χ1n) is 11.9. The Morgan fingerprint density at radius 3 is 1.93 bits per heavy atom. The van der Waals surface area contributed by atoms with Crippen molar-refractivity contribution in [3.05, 3.63) is 36.7 Å². The molecular weight excluding hydrogens is 372 g/mol. The summed E-state index contributed by atoms with van der Waals surface area (Å²) in [4.78, 5) is 8.87. The Kier molecular flexibility index (Phi) is 11.9. The number of rotatable bonds is 16. The third-order valence-corrected chi connectivity index (χ3v) is 5.49. The van der Waals surface area contributed by atoms with E-state index in [2.05, 4.69) is 30.7 Å². The highest BCUT2D eigenvalue weighted by Crippen LogP contribution is 2.21. The van der Waals surface area contributed by atoms with Gasteiger partial charge in [0, 0.05) is 5.56 Å². The Morgan fingerprint density at radius 1 is 0.733 bits per heavy atom. The zero-order valence-corrected chi connectivity index (χ0v) is 19.2. The monoisotopic (exact) mass is 412 g/mol. The van der Waals surface area contributed by atoms with Gasteiger partial charge in [-0.25, -0.2) is 9.97 Å². The van der Waals surface area contributed by atoms with Crippen LogP contribution in [0, 0.1) is 5.92 Å². The maximum Gasteiger partial charge on any atom is 0.159 e. The maximum atomic E-state index is 5.88. The fraction of sp³-hybridized carbons (Fsp3) is 0.615. The van der Waals surface area contributed by atoms with Crippen molar-refractivity contribution in [2.24, 2.45) is 5.92 Å². The Bertz CT molecular complexity index is 670. The molecule has 0 amide bonds. The quantitative estimate of drug-likeness (QED) is 0.268. The standard InChI is InChI=1S/C26H40N2O2/c1-4-6-7-8-9-10-11-12-13-18-29-24-16-14-23(15-17-24)26-27-19-25(20-28-26)30-21-22(3)5-2/h14-17,19-20,22H,4-13,18,21H2,1-3H3/t22-/m0/s1. The molecule has 1 heterocycles. The Labute approximate surface area is 183 Å². The van der Waals surface area contributed by atoms with Crippen LogP contribution in [0.5, 0.6) is 11.5 Å². The molecule has 0 saturated carbocycles. The van der Waals surface area contributed by atoms with E-state index in [0.29, 0.717) is 18.3 Å². The fourth-order valence-electron chi connectivity index (χ4n) is 3.20. The molecule has 2 aromatic rings. The van der Waals surface area contributed by atoms with Crippen molar-refractivity contribution in [2.75, 3.05) is 13.2 Å². The van der Waals surface area contributed by atoms with Gasteiger partial charge in [0.05, 0.1) is 25.6 Å². The highest BCUT2D eigenvalue weighted by atomic mass is 16.5. The number of nitrogens with zero attached hydrogens (tertiary/aromatic N) is 2. The lowest BCUT2D eigenvalue weighted by Gasteiger charge is -2.10. The first kappa shape index (κ1) is 24.2. The molecule has 166 valence electrons. The van der Waals surface area contributed by atoms with Gasteiger partial charge >= 0.3 is 0 Å². The van der Waals surface area contributed by atoms with Crippen LogP contribution in [0.4, 0.5) is 0 Å². The molecule has 0 spiro atoms. The summed E-state index contributed by atoms with van der Waals surface area (Å²) in [7, 11) is 0. The molecule has 1 aromatic heterocycles. The van der Waals surface area contributed by atoms with E-state index in [0.717, 1.165) is 36.5 Å². The van der Waals surface area contributed by atoms with Crippen LogP contribution in [0.1, 0.15) is 85.0 Å². The number of unbranched alkanes of at least 4 members (excludes halogenated alkanes) is 8. The van der Waals surface area contributed by atoms with Crippen molar-refractivity contribution >= 4 is 0 Å². The molecule has 4 nitrogen and oxygen atoms in total. The van der Waals surface area contributed by atoms with E-state index in [1.807, 2.05) is 24.3 Å². The number of benzene rings is 1. The van der Waals surface area contributed by atoms with Crippen LogP contribution in [0.3, 0.4) is 0 Å². The number of hydrogen-bond acceptors (Lipinski definition) is 4. The van der Waals surface area contributed by atoms with Crippen molar-refractivity contribution in [1.82, 2.24) is 9.97 Å². The molecule has 30 heavy (non-hydrogen) atoms. The second kappa shape index (κ2) is 14.8. The van der Waals surface area contributed by atoms with E-state index in [-0.39, 0.29) is 0 Å². The lowest BCUT2D eigenvalue weighted by atomic mass is 10.1. The summed E-state index contributed by atoms with van der Waals surface area (Å²) in [5, 5.41) is 0. The first-order valence-corrected chi connectivity index (χ1v) is 11.9. The molecule has 0 saturated heterocycles. The van der Waals surface area contributed by atoms with Crippen LogP contribution < -0.4 is 9.47 Å². The number of hydrogen-bond donors (Lipinski definition) is 0. The van der Waals surface area contributed by atoms with Crippen LogP contribution in [0.2, 0.25) is 0 Å². The van der Waals surface area contributed by atoms with E-state index in [9.17, 15) is 0 Å². The number of ether oxygens (including phenoxy) is 2. The molecule has 1 aromatic carbocycles. The molecule has 0 fully saturated rings. The van der Waals surface area contributed by atoms with E-state index >= 15 is 0 Å². The van der Waals surface area contributed by atoms with E-state index in [1.54, 1.807) is 12.4 Å². The van der Waals surface area contributed by atoms with E-state index in [1.165, 1.54) is 51.4 Å². The predicted octanol–water partition coefficient (Wildman–Crippen LogP) is 7.48. The van der Waals surface area contributed by atoms with Crippen LogP contribution in [0.25, 0.3) is 11.4 Å². The lowest BCUT2D eigenvalue weighted by molar-refractivity contribution is 0.255. The highest BCUT2D eigenvalue weighted by Gasteiger charge is 2.05. The SMILES string of the molecule is CCCCCCCCCCCOc1ccc(-c2ncc(OC[C@@H](C)CC)cn2)cc1. The highest BCUT2D eigenvalue weighted by molar-refractivity contribution is 5.56. The van der Waals surface area contributed by atoms with Gasteiger partial charge in [-0.05, 0) is 36.6 Å². The average Bonchev–Trinajstić information content (AvgIpc) is 2.79. The lowest BCUT2D eigenvalue weighted by Crippen LogP contribution is -2.07. The summed E-state index contributed by atoms with van der Waals surface area (Å²) in [6.45, 7) is 8.09. The molecule has 2 rings (SSSR count). The second-order valence-corrected chi connectivity index (χ2v) is 8.27. The molecule has 0 N–H and O–H groups in total. The van der Waals surface area contributed by atoms with Gasteiger partial charge in [0.1, 0.15) is 5.75 Å². The third-order valence-electron chi connectivity index (χ3n) is 5.49. The maximum absolute atomic E-state index is 5.88. The van der Waals surface area contributed by atoms with Gasteiger partial charge in [-0.1, -0.05) is 78.6 Å². The van der Waals surface area contributed by atoms with Gasteiger partial charge in [-0.3, -0.25) is 0 Å². The summed E-state index contributed by atoms with van der Waals surface area (Å²) in [6, 6.07) is 8.03. The molecule has 0 unspecified atom stereocenters. The van der Waals surface area contributed by atoms with Crippen LogP contribution in [-0.2, 0) is 0 Å². The van der Waals surface area contributed by atoms with E-state index < -0.39 is 0 Å². The van der Waals surface area contributed by atoms with Crippen molar-refractivity contribution in [3.63, 3.8) is 0 Å². The van der Waals surface area contributed by atoms with Gasteiger partial charge < -0.3 is 9.47 Å². The molecular formula is C26H40N2O2. The molecule has 0 bridgehead atoms. The molecule has 1 atom stereocenters. The molecule has 0 aliphatic rings. The van der Waals surface area contributed by atoms with E-state index in [4.69, 9.17) is 9.47 Å². The molecule has 0 aliphatic heterocycles. The molecule has 4 heteroatoms. The van der Waals surface area contributed by atoms with Crippen molar-refractivity contribution in [2.45, 2.75) is 85.0 Å². The fourth-order valence-corrected chi connectivity index (χ4v) is 3.20. The van der Waals surface area contributed by atoms with Crippen LogP contribution >= 0.6 is 0 Å². The zero-order chi connectivity index (χ0) is 21.4. The van der Waals surface area contributed by atoms with Gasteiger partial charge in [-0.2, -0.15) is 0 Å². The van der Waals surface area contributed by atoms with Gasteiger partial charge in [0.15, 0.2) is 11.6 Å². The van der Waals surface area contributed by atoms with Crippen molar-refractivity contribution < 1.29 is 9.47 Å². The minimum atomic E-state index is 0.535. The van der Waals surface area contributed by atoms with Gasteiger partial charge in [0.2, 0.25) is 0 Å². The minimum Gasteiger partial charge on any atom is -0.494 e. The Balaban J connectivity index is 1.64. The van der Waals surface area contributed by atoms with Crippen molar-refractivity contribution in [3.8, 4) is 22.9 Å². The Morgan fingerprint density at radius 2 is 1.33 bits per heavy atom. The summed E-state index contributed by atoms with van der Waals surface area (Å²) >= 11 is 0. The molecule has 0 radical (unpaired) electrons. The third kappa shape index (κ3) is 9.60. The largest absolute Gasteiger partial charge is 0.494 e. The van der Waals surface area contributed by atoms with Crippen LogP contribution in [-0.4, -0.2) is 23.2 Å². The van der Waals surface area contributed by atoms with Gasteiger partial charge in [0.25, 0.3) is 0 Å².